The van der Waals surface area contributed by atoms with Crippen LogP contribution in [0.4, 0.5) is 0 Å². The number of piperidine rings is 1. The molecule has 7 atom stereocenters. The molecule has 5 aliphatic rings. The van der Waals surface area contributed by atoms with Crippen molar-refractivity contribution >= 4 is 5.71 Å². The highest BCUT2D eigenvalue weighted by molar-refractivity contribution is 5.85. The molecule has 1 aliphatic heterocycles. The predicted molar refractivity (Wildman–Crippen MR) is 131 cm³/mol. The van der Waals surface area contributed by atoms with Crippen LogP contribution in [0, 0.1) is 34.5 Å². The van der Waals surface area contributed by atoms with E-state index in [0.29, 0.717) is 16.7 Å². The van der Waals surface area contributed by atoms with Gasteiger partial charge in [0.15, 0.2) is 0 Å². The van der Waals surface area contributed by atoms with E-state index in [1.165, 1.54) is 76.6 Å². The quantitative estimate of drug-likeness (QED) is 0.253. The van der Waals surface area contributed by atoms with Gasteiger partial charge in [-0.3, -0.25) is 4.90 Å². The molecule has 4 nitrogen and oxygen atoms in total. The topological polar surface area (TPSA) is 45.1 Å². The molecule has 1 heterocycles. The van der Waals surface area contributed by atoms with Crippen LogP contribution in [-0.4, -0.2) is 48.1 Å². The number of hydrogen-bond donors (Lipinski definition) is 1. The average molecular weight is 443 g/mol. The number of fused-ring (bicyclic) bond motifs is 5. The molecule has 0 aromatic heterocycles. The summed E-state index contributed by atoms with van der Waals surface area (Å²) >= 11 is 0. The number of hydrogen-bond acceptors (Lipinski definition) is 4. The molecule has 1 saturated heterocycles. The maximum absolute atomic E-state index is 10.2. The van der Waals surface area contributed by atoms with E-state index in [1.54, 1.807) is 5.57 Å². The van der Waals surface area contributed by atoms with Gasteiger partial charge in [0.25, 0.3) is 0 Å². The van der Waals surface area contributed by atoms with Crippen molar-refractivity contribution in [2.24, 2.45) is 39.7 Å². The van der Waals surface area contributed by atoms with Crippen molar-refractivity contribution < 1.29 is 9.94 Å². The summed E-state index contributed by atoms with van der Waals surface area (Å²) in [5.41, 5.74) is 3.53. The van der Waals surface area contributed by atoms with Gasteiger partial charge in [-0.05, 0) is 113 Å². The largest absolute Gasteiger partial charge is 0.394 e. The summed E-state index contributed by atoms with van der Waals surface area (Å²) < 4.78 is 0. The second kappa shape index (κ2) is 9.06. The van der Waals surface area contributed by atoms with Gasteiger partial charge >= 0.3 is 0 Å². The van der Waals surface area contributed by atoms with Gasteiger partial charge in [0, 0.05) is 12.5 Å². The third-order valence-corrected chi connectivity index (χ3v) is 10.7. The number of oxime groups is 1. The highest BCUT2D eigenvalue weighted by Crippen LogP contribution is 2.66. The molecule has 180 valence electrons. The van der Waals surface area contributed by atoms with E-state index >= 15 is 0 Å². The van der Waals surface area contributed by atoms with Crippen molar-refractivity contribution in [3.63, 3.8) is 0 Å². The molecule has 0 aromatic rings. The fourth-order valence-electron chi connectivity index (χ4n) is 8.89. The number of likely N-dealkylation sites (tertiary alicyclic amines) is 1. The third-order valence-electron chi connectivity index (χ3n) is 10.7. The first-order chi connectivity index (χ1) is 15.4. The minimum Gasteiger partial charge on any atom is -0.394 e. The van der Waals surface area contributed by atoms with Gasteiger partial charge in [-0.15, -0.1) is 0 Å². The number of aliphatic hydroxyl groups excluding tert-OH is 1. The number of nitrogens with zero attached hydrogens (tertiary/aromatic N) is 2. The Kier molecular flexibility index (Phi) is 6.48. The Balaban J connectivity index is 1.23. The number of rotatable bonds is 5. The summed E-state index contributed by atoms with van der Waals surface area (Å²) in [6.07, 6.45) is 16.1. The van der Waals surface area contributed by atoms with Crippen LogP contribution < -0.4 is 0 Å². The van der Waals surface area contributed by atoms with Crippen LogP contribution in [-0.2, 0) is 4.84 Å². The van der Waals surface area contributed by atoms with Crippen molar-refractivity contribution in [1.82, 2.24) is 4.90 Å². The van der Waals surface area contributed by atoms with Crippen molar-refractivity contribution in [3.05, 3.63) is 11.6 Å². The van der Waals surface area contributed by atoms with Crippen molar-refractivity contribution in [2.75, 3.05) is 26.2 Å². The highest BCUT2D eigenvalue weighted by atomic mass is 16.6. The zero-order chi connectivity index (χ0) is 22.3. The van der Waals surface area contributed by atoms with Crippen molar-refractivity contribution in [2.45, 2.75) is 97.5 Å². The first kappa shape index (κ1) is 22.9. The summed E-state index contributed by atoms with van der Waals surface area (Å²) in [6, 6.07) is 0. The van der Waals surface area contributed by atoms with Crippen LogP contribution in [0.25, 0.3) is 0 Å². The van der Waals surface area contributed by atoms with Crippen LogP contribution in [0.1, 0.15) is 91.4 Å². The van der Waals surface area contributed by atoms with Gasteiger partial charge in [-0.2, -0.15) is 0 Å². The fourth-order valence-corrected chi connectivity index (χ4v) is 8.89. The van der Waals surface area contributed by atoms with Crippen molar-refractivity contribution in [1.29, 1.82) is 0 Å². The molecule has 3 saturated carbocycles. The van der Waals surface area contributed by atoms with Crippen LogP contribution in [0.3, 0.4) is 0 Å². The molecular formula is C28H46N2O2. The lowest BCUT2D eigenvalue weighted by molar-refractivity contribution is -0.0427. The molecule has 1 N–H and O–H groups in total. The molecule has 0 aromatic carbocycles. The molecule has 4 aliphatic carbocycles. The maximum Gasteiger partial charge on any atom is 0.129 e. The lowest BCUT2D eigenvalue weighted by Crippen LogP contribution is -2.50. The molecule has 4 heteroatoms. The predicted octanol–water partition coefficient (Wildman–Crippen LogP) is 5.80. The Hall–Kier alpha value is -0.870. The van der Waals surface area contributed by atoms with Crippen LogP contribution in [0.15, 0.2) is 16.8 Å². The highest BCUT2D eigenvalue weighted by Gasteiger charge is 2.59. The molecule has 0 amide bonds. The Labute approximate surface area is 195 Å². The zero-order valence-corrected chi connectivity index (χ0v) is 20.8. The Morgan fingerprint density at radius 1 is 1.09 bits per heavy atom. The van der Waals surface area contributed by atoms with Crippen LogP contribution in [0.2, 0.25) is 0 Å². The molecule has 32 heavy (non-hydrogen) atoms. The monoisotopic (exact) mass is 442 g/mol. The zero-order valence-electron chi connectivity index (χ0n) is 20.8. The first-order valence-electron chi connectivity index (χ1n) is 13.7. The second-order valence-electron chi connectivity index (χ2n) is 12.3. The summed E-state index contributed by atoms with van der Waals surface area (Å²) in [5.74, 6) is 3.02. The van der Waals surface area contributed by atoms with Gasteiger partial charge in [0.2, 0.25) is 0 Å². The average Bonchev–Trinajstić information content (AvgIpc) is 3.15. The lowest BCUT2D eigenvalue weighted by atomic mass is 9.47. The van der Waals surface area contributed by atoms with Gasteiger partial charge < -0.3 is 9.94 Å². The number of allylic oxidation sites excluding steroid dienone is 1. The lowest BCUT2D eigenvalue weighted by Gasteiger charge is -2.58. The Morgan fingerprint density at radius 2 is 1.91 bits per heavy atom. The van der Waals surface area contributed by atoms with E-state index < -0.39 is 0 Å². The number of aliphatic hydroxyl groups is 1. The maximum atomic E-state index is 10.2. The SMILES string of the molecule is CC(=NOCCN1CCCCC1)[C@H]1CC[C@H]2[C@@H]3CC=C4CC(O)CC[C@]4(C)[C@H]3CC[C@]12C. The van der Waals surface area contributed by atoms with Crippen LogP contribution in [0.5, 0.6) is 0 Å². The molecule has 0 radical (unpaired) electrons. The van der Waals surface area contributed by atoms with Gasteiger partial charge in [0.1, 0.15) is 6.61 Å². The molecule has 0 spiro atoms. The molecule has 5 rings (SSSR count). The van der Waals surface area contributed by atoms with Crippen molar-refractivity contribution in [3.8, 4) is 0 Å². The summed E-state index contributed by atoms with van der Waals surface area (Å²) in [4.78, 5) is 8.38. The normalized spacial score (nSPS) is 44.9. The third kappa shape index (κ3) is 3.98. The second-order valence-corrected chi connectivity index (χ2v) is 12.3. The van der Waals surface area contributed by atoms with Crippen LogP contribution >= 0.6 is 0 Å². The van der Waals surface area contributed by atoms with E-state index in [-0.39, 0.29) is 6.10 Å². The molecule has 1 unspecified atom stereocenters. The van der Waals surface area contributed by atoms with E-state index in [2.05, 4.69) is 36.9 Å². The summed E-state index contributed by atoms with van der Waals surface area (Å²) in [7, 11) is 0. The van der Waals surface area contributed by atoms with E-state index in [4.69, 9.17) is 4.84 Å². The Morgan fingerprint density at radius 3 is 2.72 bits per heavy atom. The standard InChI is InChI=1S/C28H46N2O2/c1-20(29-32-18-17-30-15-5-4-6-16-30)24-9-10-25-23-8-7-21-19-22(31)11-13-27(21,2)26(23)12-14-28(24,25)3/h7,22-26,31H,4-6,8-19H2,1-3H3/t22?,23-,24+,25-,26-,27-,28+/m0/s1. The Bertz CT molecular complexity index is 742. The van der Waals surface area contributed by atoms with Gasteiger partial charge in [0.05, 0.1) is 11.8 Å². The van der Waals surface area contributed by atoms with Gasteiger partial charge in [-0.1, -0.05) is 37.1 Å². The smallest absolute Gasteiger partial charge is 0.129 e. The van der Waals surface area contributed by atoms with E-state index in [1.807, 2.05) is 0 Å². The molecular weight excluding hydrogens is 396 g/mol. The summed E-state index contributed by atoms with van der Waals surface area (Å²) in [5, 5.41) is 14.9. The van der Waals surface area contributed by atoms with Gasteiger partial charge in [-0.25, -0.2) is 0 Å². The minimum absolute atomic E-state index is 0.107. The fraction of sp³-hybridized carbons (Fsp3) is 0.893. The molecule has 0 bridgehead atoms. The molecule has 4 fully saturated rings. The summed E-state index contributed by atoms with van der Waals surface area (Å²) in [6.45, 7) is 11.5. The minimum atomic E-state index is -0.107. The van der Waals surface area contributed by atoms with E-state index in [0.717, 1.165) is 43.7 Å². The van der Waals surface area contributed by atoms with E-state index in [9.17, 15) is 5.11 Å². The first-order valence-corrected chi connectivity index (χ1v) is 13.7.